The van der Waals surface area contributed by atoms with Gasteiger partial charge in [-0.25, -0.2) is 0 Å². The number of hydrogen-bond acceptors (Lipinski definition) is 7. The van der Waals surface area contributed by atoms with Crippen LogP contribution in [0.4, 0.5) is 17.1 Å². The SMILES string of the molecule is CCOc1ccc(NC(=O)[C@@H]2[C@H]3C(=O)N([C@@H](CO)Cc4ccccc4)C(C(=O)Nc4ccc(N(CC)CC)cc4)C34CC[C@H]2S4)cc1. The summed E-state index contributed by atoms with van der Waals surface area (Å²) in [6.07, 6.45) is 1.77. The van der Waals surface area contributed by atoms with Crippen LogP contribution in [0.2, 0.25) is 0 Å². The first-order chi connectivity index (χ1) is 22.8. The van der Waals surface area contributed by atoms with Crippen LogP contribution in [-0.4, -0.2) is 76.1 Å². The quantitative estimate of drug-likeness (QED) is 0.232. The third kappa shape index (κ3) is 6.21. The summed E-state index contributed by atoms with van der Waals surface area (Å²) < 4.78 is 4.76. The number of rotatable bonds is 13. The fraction of sp³-hybridized carbons (Fsp3) is 0.432. The smallest absolute Gasteiger partial charge is 0.248 e. The van der Waals surface area contributed by atoms with Gasteiger partial charge in [0, 0.05) is 35.4 Å². The van der Waals surface area contributed by atoms with Crippen molar-refractivity contribution in [2.45, 2.75) is 62.1 Å². The van der Waals surface area contributed by atoms with E-state index in [2.05, 4.69) is 29.4 Å². The molecule has 3 aromatic carbocycles. The van der Waals surface area contributed by atoms with Crippen LogP contribution in [0.15, 0.2) is 78.9 Å². The Morgan fingerprint density at radius 3 is 2.21 bits per heavy atom. The van der Waals surface area contributed by atoms with Crippen LogP contribution in [0.3, 0.4) is 0 Å². The topological polar surface area (TPSA) is 111 Å². The lowest BCUT2D eigenvalue weighted by Crippen LogP contribution is -2.55. The Morgan fingerprint density at radius 1 is 0.957 bits per heavy atom. The van der Waals surface area contributed by atoms with Crippen LogP contribution < -0.4 is 20.3 Å². The van der Waals surface area contributed by atoms with Crippen LogP contribution in [-0.2, 0) is 20.8 Å². The Balaban J connectivity index is 1.31. The van der Waals surface area contributed by atoms with E-state index in [-0.39, 0.29) is 29.6 Å². The van der Waals surface area contributed by atoms with Crippen molar-refractivity contribution in [3.05, 3.63) is 84.4 Å². The van der Waals surface area contributed by atoms with Gasteiger partial charge in [0.1, 0.15) is 11.8 Å². The summed E-state index contributed by atoms with van der Waals surface area (Å²) in [5, 5.41) is 16.8. The number of amides is 3. The average Bonchev–Trinajstić information content (AvgIpc) is 3.74. The van der Waals surface area contributed by atoms with Crippen molar-refractivity contribution in [2.24, 2.45) is 11.8 Å². The molecular formula is C37H44N4O5S. The third-order valence-corrected chi connectivity index (χ3v) is 11.9. The molecule has 9 nitrogen and oxygen atoms in total. The number of benzene rings is 3. The second-order valence-corrected chi connectivity index (χ2v) is 14.1. The number of carbonyl (C=O) groups excluding carboxylic acids is 3. The van der Waals surface area contributed by atoms with Gasteiger partial charge in [-0.15, -0.1) is 11.8 Å². The van der Waals surface area contributed by atoms with Gasteiger partial charge in [-0.05, 0) is 94.1 Å². The molecule has 10 heteroatoms. The molecule has 3 aliphatic heterocycles. The minimum atomic E-state index is -0.846. The Bertz CT molecular complexity index is 1570. The first-order valence-corrected chi connectivity index (χ1v) is 17.6. The maximum absolute atomic E-state index is 14.6. The molecule has 2 unspecified atom stereocenters. The van der Waals surface area contributed by atoms with E-state index < -0.39 is 28.7 Å². The maximum Gasteiger partial charge on any atom is 0.248 e. The Morgan fingerprint density at radius 2 is 1.60 bits per heavy atom. The van der Waals surface area contributed by atoms with Gasteiger partial charge in [0.15, 0.2) is 0 Å². The molecule has 0 aromatic heterocycles. The van der Waals surface area contributed by atoms with Gasteiger partial charge in [0.25, 0.3) is 0 Å². The number of hydrogen-bond donors (Lipinski definition) is 3. The molecule has 3 fully saturated rings. The molecule has 0 saturated carbocycles. The summed E-state index contributed by atoms with van der Waals surface area (Å²) in [4.78, 5) is 46.9. The number of fused-ring (bicyclic) bond motifs is 1. The minimum Gasteiger partial charge on any atom is -0.494 e. The van der Waals surface area contributed by atoms with Crippen LogP contribution in [0.5, 0.6) is 5.75 Å². The van der Waals surface area contributed by atoms with E-state index in [1.165, 1.54) is 0 Å². The molecule has 6 rings (SSSR count). The predicted octanol–water partition coefficient (Wildman–Crippen LogP) is 5.20. The average molecular weight is 657 g/mol. The first kappa shape index (κ1) is 32.9. The minimum absolute atomic E-state index is 0.0841. The Kier molecular flexibility index (Phi) is 9.80. The summed E-state index contributed by atoms with van der Waals surface area (Å²) in [6.45, 7) is 8.12. The zero-order chi connectivity index (χ0) is 33.1. The monoisotopic (exact) mass is 656 g/mol. The van der Waals surface area contributed by atoms with Crippen molar-refractivity contribution in [3.63, 3.8) is 0 Å². The van der Waals surface area contributed by atoms with Crippen molar-refractivity contribution in [3.8, 4) is 5.75 Å². The van der Waals surface area contributed by atoms with Crippen molar-refractivity contribution < 1.29 is 24.2 Å². The second kappa shape index (κ2) is 14.0. The number of anilines is 3. The fourth-order valence-electron chi connectivity index (χ4n) is 7.80. The number of ether oxygens (including phenoxy) is 1. The standard InChI is InChI=1S/C37H44N4O5S/c1-4-40(5-2)27-16-12-25(13-17-27)39-35(44)33-37-21-20-30(47-37)31(34(43)38-26-14-18-29(19-15-26)46-6-3)32(37)36(45)41(33)28(23-42)22-24-10-8-7-9-11-24/h7-19,28,30-33,42H,4-6,20-23H2,1-3H3,(H,38,43)(H,39,44)/t28-,30-,31+,32+,33?,37?/m1/s1. The fourth-order valence-corrected chi connectivity index (χ4v) is 10.0. The Hall–Kier alpha value is -4.02. The van der Waals surface area contributed by atoms with Crippen molar-refractivity contribution in [2.75, 3.05) is 41.8 Å². The molecular weight excluding hydrogens is 612 g/mol. The molecule has 3 amide bonds. The molecule has 0 aliphatic carbocycles. The van der Waals surface area contributed by atoms with Gasteiger partial charge in [0.05, 0.1) is 35.8 Å². The van der Waals surface area contributed by atoms with Gasteiger partial charge < -0.3 is 30.3 Å². The molecule has 3 saturated heterocycles. The van der Waals surface area contributed by atoms with E-state index in [0.717, 1.165) is 30.8 Å². The van der Waals surface area contributed by atoms with Crippen LogP contribution in [0.1, 0.15) is 39.2 Å². The third-order valence-electron chi connectivity index (χ3n) is 9.90. The number of carbonyl (C=O) groups is 3. The predicted molar refractivity (Wildman–Crippen MR) is 187 cm³/mol. The zero-order valence-electron chi connectivity index (χ0n) is 27.2. The molecule has 3 aromatic rings. The maximum atomic E-state index is 14.6. The van der Waals surface area contributed by atoms with Crippen molar-refractivity contribution >= 4 is 46.5 Å². The molecule has 3 heterocycles. The number of aliphatic hydroxyl groups is 1. The highest BCUT2D eigenvalue weighted by Gasteiger charge is 2.74. The van der Waals surface area contributed by atoms with Gasteiger partial charge in [-0.2, -0.15) is 0 Å². The van der Waals surface area contributed by atoms with Crippen molar-refractivity contribution in [1.29, 1.82) is 0 Å². The van der Waals surface area contributed by atoms with Crippen molar-refractivity contribution in [1.82, 2.24) is 4.90 Å². The highest BCUT2D eigenvalue weighted by atomic mass is 32.2. The summed E-state index contributed by atoms with van der Waals surface area (Å²) >= 11 is 1.61. The normalized spacial score (nSPS) is 24.9. The van der Waals surface area contributed by atoms with E-state index in [9.17, 15) is 19.5 Å². The van der Waals surface area contributed by atoms with Gasteiger partial charge in [-0.1, -0.05) is 30.3 Å². The largest absolute Gasteiger partial charge is 0.494 e. The van der Waals surface area contributed by atoms with E-state index in [1.54, 1.807) is 28.8 Å². The van der Waals surface area contributed by atoms with E-state index in [0.29, 0.717) is 36.6 Å². The van der Waals surface area contributed by atoms with Crippen LogP contribution in [0, 0.1) is 11.8 Å². The number of thioether (sulfide) groups is 1. The van der Waals surface area contributed by atoms with Gasteiger partial charge in [-0.3, -0.25) is 14.4 Å². The van der Waals surface area contributed by atoms with E-state index in [4.69, 9.17) is 4.74 Å². The molecule has 2 bridgehead atoms. The Labute approximate surface area is 281 Å². The molecule has 3 aliphatic rings. The number of nitrogens with one attached hydrogen (secondary N) is 2. The number of nitrogens with zero attached hydrogens (tertiary/aromatic N) is 2. The lowest BCUT2D eigenvalue weighted by Gasteiger charge is -2.37. The zero-order valence-corrected chi connectivity index (χ0v) is 28.0. The molecule has 47 heavy (non-hydrogen) atoms. The van der Waals surface area contributed by atoms with Crippen LogP contribution >= 0.6 is 11.8 Å². The first-order valence-electron chi connectivity index (χ1n) is 16.7. The second-order valence-electron chi connectivity index (χ2n) is 12.5. The van der Waals surface area contributed by atoms with Gasteiger partial charge in [0.2, 0.25) is 17.7 Å². The highest BCUT2D eigenvalue weighted by Crippen LogP contribution is 2.66. The number of aliphatic hydroxyl groups excluding tert-OH is 1. The highest BCUT2D eigenvalue weighted by molar-refractivity contribution is 8.02. The summed E-state index contributed by atoms with van der Waals surface area (Å²) in [5.41, 5.74) is 3.30. The van der Waals surface area contributed by atoms with Crippen LogP contribution in [0.25, 0.3) is 0 Å². The lowest BCUT2D eigenvalue weighted by molar-refractivity contribution is -0.141. The summed E-state index contributed by atoms with van der Waals surface area (Å²) in [6, 6.07) is 23.2. The molecule has 1 spiro atoms. The van der Waals surface area contributed by atoms with Gasteiger partial charge >= 0.3 is 0 Å². The molecule has 3 N–H and O–H groups in total. The number of likely N-dealkylation sites (tertiary alicyclic amines) is 1. The molecule has 6 atom stereocenters. The molecule has 248 valence electrons. The van der Waals surface area contributed by atoms with E-state index in [1.807, 2.05) is 73.7 Å². The summed E-state index contributed by atoms with van der Waals surface area (Å²) in [7, 11) is 0. The lowest BCUT2D eigenvalue weighted by atomic mass is 9.70. The summed E-state index contributed by atoms with van der Waals surface area (Å²) in [5.74, 6) is -1.31. The van der Waals surface area contributed by atoms with E-state index >= 15 is 0 Å². The molecule has 0 radical (unpaired) electrons.